The molecule has 2 amide bonds. The second kappa shape index (κ2) is 8.59. The maximum absolute atomic E-state index is 12.9. The highest BCUT2D eigenvalue weighted by molar-refractivity contribution is 7.80. The highest BCUT2D eigenvalue weighted by Gasteiger charge is 2.41. The van der Waals surface area contributed by atoms with Gasteiger partial charge in [0, 0.05) is 12.3 Å². The number of rotatable bonds is 5. The van der Waals surface area contributed by atoms with E-state index in [1.807, 2.05) is 4.90 Å². The standard InChI is InChI=1S/C19H32N2O2S/c22-18-17(11-14-7-3-1-4-8-14)21(19(23)16(13-24)20-18)12-15-9-5-2-6-10-15/h14-17,24H,1-13H2,(H,20,22)/t16-,17?/m0/s1. The van der Waals surface area contributed by atoms with Gasteiger partial charge in [-0.2, -0.15) is 12.6 Å². The Morgan fingerprint density at radius 1 is 0.917 bits per heavy atom. The molecule has 136 valence electrons. The van der Waals surface area contributed by atoms with Crippen molar-refractivity contribution in [2.75, 3.05) is 12.3 Å². The van der Waals surface area contributed by atoms with Gasteiger partial charge < -0.3 is 10.2 Å². The van der Waals surface area contributed by atoms with Gasteiger partial charge in [0.15, 0.2) is 0 Å². The van der Waals surface area contributed by atoms with Crippen LogP contribution in [-0.2, 0) is 9.59 Å². The highest BCUT2D eigenvalue weighted by Crippen LogP contribution is 2.32. The number of hydrogen-bond donors (Lipinski definition) is 2. The minimum absolute atomic E-state index is 0.0510. The summed E-state index contributed by atoms with van der Waals surface area (Å²) in [6, 6.07) is -0.689. The first kappa shape index (κ1) is 18.1. The highest BCUT2D eigenvalue weighted by atomic mass is 32.1. The molecule has 4 nitrogen and oxygen atoms in total. The van der Waals surface area contributed by atoms with E-state index in [-0.39, 0.29) is 17.9 Å². The molecular weight excluding hydrogens is 320 g/mol. The summed E-state index contributed by atoms with van der Waals surface area (Å²) in [6.45, 7) is 0.772. The van der Waals surface area contributed by atoms with Crippen LogP contribution in [0.15, 0.2) is 0 Å². The molecule has 0 aromatic carbocycles. The summed E-state index contributed by atoms with van der Waals surface area (Å²) >= 11 is 4.27. The molecule has 2 aliphatic carbocycles. The van der Waals surface area contributed by atoms with Crippen LogP contribution in [0.1, 0.15) is 70.6 Å². The molecule has 2 saturated carbocycles. The maximum atomic E-state index is 12.9. The van der Waals surface area contributed by atoms with Crippen molar-refractivity contribution in [1.29, 1.82) is 0 Å². The van der Waals surface area contributed by atoms with Gasteiger partial charge in [-0.3, -0.25) is 9.59 Å². The minimum Gasteiger partial charge on any atom is -0.342 e. The molecule has 24 heavy (non-hydrogen) atoms. The molecule has 0 aromatic rings. The van der Waals surface area contributed by atoms with Crippen molar-refractivity contribution in [3.05, 3.63) is 0 Å². The summed E-state index contributed by atoms with van der Waals surface area (Å²) in [5.74, 6) is 1.71. The van der Waals surface area contributed by atoms with Gasteiger partial charge in [0.05, 0.1) is 0 Å². The van der Waals surface area contributed by atoms with Crippen LogP contribution in [0.25, 0.3) is 0 Å². The topological polar surface area (TPSA) is 49.4 Å². The first-order chi connectivity index (χ1) is 11.7. The maximum Gasteiger partial charge on any atom is 0.246 e. The molecule has 2 atom stereocenters. The van der Waals surface area contributed by atoms with Gasteiger partial charge in [-0.15, -0.1) is 0 Å². The smallest absolute Gasteiger partial charge is 0.246 e. The lowest BCUT2D eigenvalue weighted by Crippen LogP contribution is -2.65. The van der Waals surface area contributed by atoms with Crippen molar-refractivity contribution >= 4 is 24.4 Å². The third-order valence-electron chi connectivity index (χ3n) is 6.22. The van der Waals surface area contributed by atoms with Crippen molar-refractivity contribution in [1.82, 2.24) is 10.2 Å². The fourth-order valence-electron chi connectivity index (χ4n) is 4.79. The molecule has 1 aliphatic heterocycles. The molecule has 0 spiro atoms. The Balaban J connectivity index is 1.70. The van der Waals surface area contributed by atoms with Crippen LogP contribution in [-0.4, -0.2) is 41.1 Å². The minimum atomic E-state index is -0.438. The van der Waals surface area contributed by atoms with Crippen molar-refractivity contribution in [3.63, 3.8) is 0 Å². The van der Waals surface area contributed by atoms with Crippen LogP contribution in [0, 0.1) is 11.8 Å². The summed E-state index contributed by atoms with van der Waals surface area (Å²) in [6.07, 6.45) is 13.4. The van der Waals surface area contributed by atoms with Gasteiger partial charge in [0.1, 0.15) is 12.1 Å². The van der Waals surface area contributed by atoms with Crippen LogP contribution < -0.4 is 5.32 Å². The van der Waals surface area contributed by atoms with Crippen molar-refractivity contribution in [3.8, 4) is 0 Å². The van der Waals surface area contributed by atoms with Gasteiger partial charge in [-0.05, 0) is 31.1 Å². The summed E-state index contributed by atoms with van der Waals surface area (Å²) in [5, 5.41) is 2.92. The molecule has 1 heterocycles. The summed E-state index contributed by atoms with van der Waals surface area (Å²) in [4.78, 5) is 27.5. The quantitative estimate of drug-likeness (QED) is 0.747. The Kier molecular flexibility index (Phi) is 6.48. The average Bonchev–Trinajstić information content (AvgIpc) is 2.62. The molecule has 5 heteroatoms. The van der Waals surface area contributed by atoms with Gasteiger partial charge in [0.25, 0.3) is 0 Å². The number of amides is 2. The lowest BCUT2D eigenvalue weighted by Gasteiger charge is -2.42. The second-order valence-electron chi connectivity index (χ2n) is 7.99. The first-order valence-electron chi connectivity index (χ1n) is 9.90. The average molecular weight is 353 g/mol. The fourth-order valence-corrected chi connectivity index (χ4v) is 5.03. The van der Waals surface area contributed by atoms with Gasteiger partial charge in [0.2, 0.25) is 11.8 Å². The predicted octanol–water partition coefficient (Wildman–Crippen LogP) is 3.16. The predicted molar refractivity (Wildman–Crippen MR) is 99.1 cm³/mol. The number of hydrogen-bond acceptors (Lipinski definition) is 3. The van der Waals surface area contributed by atoms with E-state index >= 15 is 0 Å². The molecule has 0 radical (unpaired) electrons. The van der Waals surface area contributed by atoms with Crippen LogP contribution in [0.2, 0.25) is 0 Å². The van der Waals surface area contributed by atoms with Crippen molar-refractivity contribution < 1.29 is 9.59 Å². The van der Waals surface area contributed by atoms with Crippen LogP contribution >= 0.6 is 12.6 Å². The SMILES string of the molecule is O=C1N[C@@H](CS)C(=O)N(CC2CCCCC2)C1CC1CCCCC1. The Bertz CT molecular complexity index is 445. The number of nitrogens with zero attached hydrogens (tertiary/aromatic N) is 1. The summed E-state index contributed by atoms with van der Waals surface area (Å²) in [5.41, 5.74) is 0. The summed E-state index contributed by atoms with van der Waals surface area (Å²) in [7, 11) is 0. The monoisotopic (exact) mass is 352 g/mol. The Hall–Kier alpha value is -0.710. The molecule has 1 N–H and O–H groups in total. The van der Waals surface area contributed by atoms with Gasteiger partial charge >= 0.3 is 0 Å². The van der Waals surface area contributed by atoms with Gasteiger partial charge in [-0.1, -0.05) is 51.4 Å². The van der Waals surface area contributed by atoms with Crippen molar-refractivity contribution in [2.24, 2.45) is 11.8 Å². The van der Waals surface area contributed by atoms with E-state index in [2.05, 4.69) is 17.9 Å². The van der Waals surface area contributed by atoms with E-state index in [4.69, 9.17) is 0 Å². The number of piperazine rings is 1. The third-order valence-corrected chi connectivity index (χ3v) is 6.59. The van der Waals surface area contributed by atoms with Crippen molar-refractivity contribution in [2.45, 2.75) is 82.7 Å². The second-order valence-corrected chi connectivity index (χ2v) is 8.36. The lowest BCUT2D eigenvalue weighted by molar-refractivity contribution is -0.150. The Morgan fingerprint density at radius 3 is 2.08 bits per heavy atom. The van der Waals surface area contributed by atoms with Crippen LogP contribution in [0.3, 0.4) is 0 Å². The Labute approximate surface area is 151 Å². The normalized spacial score (nSPS) is 30.5. The first-order valence-corrected chi connectivity index (χ1v) is 10.5. The molecule has 0 aromatic heterocycles. The molecule has 3 aliphatic rings. The third kappa shape index (κ3) is 4.27. The zero-order valence-electron chi connectivity index (χ0n) is 14.7. The largest absolute Gasteiger partial charge is 0.342 e. The number of carbonyl (C=O) groups excluding carboxylic acids is 2. The van der Waals surface area contributed by atoms with E-state index in [1.54, 1.807) is 0 Å². The zero-order valence-corrected chi connectivity index (χ0v) is 15.6. The van der Waals surface area contributed by atoms with Crippen LogP contribution in [0.4, 0.5) is 0 Å². The van der Waals surface area contributed by atoms with E-state index in [0.717, 1.165) is 13.0 Å². The zero-order chi connectivity index (χ0) is 16.9. The van der Waals surface area contributed by atoms with E-state index in [0.29, 0.717) is 17.6 Å². The van der Waals surface area contributed by atoms with E-state index in [1.165, 1.54) is 64.2 Å². The molecule has 1 unspecified atom stereocenters. The molecule has 1 saturated heterocycles. The number of carbonyl (C=O) groups is 2. The van der Waals surface area contributed by atoms with E-state index in [9.17, 15) is 9.59 Å². The number of thiol groups is 1. The van der Waals surface area contributed by atoms with E-state index < -0.39 is 6.04 Å². The molecule has 0 bridgehead atoms. The number of nitrogens with one attached hydrogen (secondary N) is 1. The van der Waals surface area contributed by atoms with Gasteiger partial charge in [-0.25, -0.2) is 0 Å². The molecule has 3 rings (SSSR count). The molecule has 3 fully saturated rings. The molecular formula is C19H32N2O2S. The van der Waals surface area contributed by atoms with Crippen LogP contribution in [0.5, 0.6) is 0 Å². The Morgan fingerprint density at radius 2 is 1.50 bits per heavy atom. The fraction of sp³-hybridized carbons (Fsp3) is 0.895. The lowest BCUT2D eigenvalue weighted by atomic mass is 9.83. The summed E-state index contributed by atoms with van der Waals surface area (Å²) < 4.78 is 0.